The van der Waals surface area contributed by atoms with Crippen LogP contribution in [0.4, 0.5) is 24.5 Å². The van der Waals surface area contributed by atoms with E-state index in [1.165, 1.54) is 23.4 Å². The Morgan fingerprint density at radius 3 is 2.41 bits per heavy atom. The summed E-state index contributed by atoms with van der Waals surface area (Å²) in [6.07, 6.45) is -1.64. The molecule has 182 valence electrons. The van der Waals surface area contributed by atoms with Crippen LogP contribution in [-0.4, -0.2) is 56.3 Å². The van der Waals surface area contributed by atoms with Gasteiger partial charge in [-0.2, -0.15) is 0 Å². The van der Waals surface area contributed by atoms with Crippen LogP contribution < -0.4 is 20.3 Å². The molecule has 7 nitrogen and oxygen atoms in total. The Morgan fingerprint density at radius 2 is 1.74 bits per heavy atom. The predicted octanol–water partition coefficient (Wildman–Crippen LogP) is 3.47. The number of nitrogens with one attached hydrogen (secondary N) is 2. The van der Waals surface area contributed by atoms with Crippen LogP contribution in [0.25, 0.3) is 0 Å². The first-order valence-electron chi connectivity index (χ1n) is 11.2. The second kappa shape index (κ2) is 9.92. The first-order chi connectivity index (χ1) is 16.2. The summed E-state index contributed by atoms with van der Waals surface area (Å²) in [6, 6.07) is 10.9. The fourth-order valence-electron chi connectivity index (χ4n) is 4.50. The third kappa shape index (κ3) is 5.80. The third-order valence-corrected chi connectivity index (χ3v) is 6.21. The highest BCUT2D eigenvalue weighted by Gasteiger charge is 2.31. The Kier molecular flexibility index (Phi) is 6.97. The summed E-state index contributed by atoms with van der Waals surface area (Å²) < 4.78 is 40.6. The lowest BCUT2D eigenvalue weighted by atomic mass is 10.0. The van der Waals surface area contributed by atoms with Gasteiger partial charge in [0.1, 0.15) is 5.75 Å². The van der Waals surface area contributed by atoms with Crippen molar-refractivity contribution in [3.63, 3.8) is 0 Å². The number of hydrogen-bond acceptors (Lipinski definition) is 5. The van der Waals surface area contributed by atoms with E-state index in [1.807, 2.05) is 0 Å². The van der Waals surface area contributed by atoms with Crippen LogP contribution in [0, 0.1) is 0 Å². The first-order valence-corrected chi connectivity index (χ1v) is 11.2. The molecule has 2 amide bonds. The molecule has 0 bridgehead atoms. The van der Waals surface area contributed by atoms with Crippen LogP contribution in [0.3, 0.4) is 0 Å². The van der Waals surface area contributed by atoms with Gasteiger partial charge in [-0.25, -0.2) is 0 Å². The highest BCUT2D eigenvalue weighted by molar-refractivity contribution is 6.39. The molecule has 0 saturated carbocycles. The van der Waals surface area contributed by atoms with Gasteiger partial charge in [0.15, 0.2) is 0 Å². The van der Waals surface area contributed by atoms with E-state index < -0.39 is 23.9 Å². The predicted molar refractivity (Wildman–Crippen MR) is 122 cm³/mol. The molecule has 2 aromatic carbocycles. The summed E-state index contributed by atoms with van der Waals surface area (Å²) in [5, 5.41) is 5.12. The Morgan fingerprint density at radius 1 is 1.03 bits per heavy atom. The van der Waals surface area contributed by atoms with Crippen molar-refractivity contribution in [3.05, 3.63) is 53.6 Å². The molecule has 1 unspecified atom stereocenters. The summed E-state index contributed by atoms with van der Waals surface area (Å²) >= 11 is 0. The molecule has 0 aliphatic carbocycles. The minimum atomic E-state index is -4.80. The molecule has 2 aliphatic rings. The van der Waals surface area contributed by atoms with Gasteiger partial charge in [0.2, 0.25) is 0 Å². The number of nitrogens with zero attached hydrogens (tertiary/aromatic N) is 2. The van der Waals surface area contributed by atoms with E-state index in [2.05, 4.69) is 50.4 Å². The Labute approximate surface area is 195 Å². The molecule has 4 rings (SSSR count). The van der Waals surface area contributed by atoms with Gasteiger partial charge >= 0.3 is 18.2 Å². The fraction of sp³-hybridized carbons (Fsp3) is 0.417. The number of hydrogen-bond donors (Lipinski definition) is 2. The lowest BCUT2D eigenvalue weighted by molar-refractivity contribution is -0.274. The zero-order valence-electron chi connectivity index (χ0n) is 18.8. The Bertz CT molecular complexity index is 1040. The molecule has 0 spiro atoms. The van der Waals surface area contributed by atoms with E-state index in [0.717, 1.165) is 56.6 Å². The maximum atomic E-state index is 12.5. The minimum absolute atomic E-state index is 0.0470. The average Bonchev–Trinajstić information content (AvgIpc) is 3.44. The standard InChI is InChI=1S/C24H27F3N4O3/c1-30-13-10-17-14-16(4-9-20(17)30)21(31-11-2-3-12-31)15-28-22(32)23(33)29-18-5-7-19(8-6-18)34-24(25,26)27/h4-9,14,21H,2-3,10-13,15H2,1H3,(H,28,32)(H,29,33). The van der Waals surface area contributed by atoms with Crippen molar-refractivity contribution in [1.82, 2.24) is 10.2 Å². The number of fused-ring (bicyclic) bond motifs is 1. The molecule has 34 heavy (non-hydrogen) atoms. The molecule has 1 fully saturated rings. The molecule has 1 saturated heterocycles. The van der Waals surface area contributed by atoms with Crippen LogP contribution in [-0.2, 0) is 16.0 Å². The largest absolute Gasteiger partial charge is 0.573 e. The number of alkyl halides is 3. The van der Waals surface area contributed by atoms with Gasteiger partial charge in [-0.15, -0.1) is 13.2 Å². The smallest absolute Gasteiger partial charge is 0.406 e. The van der Waals surface area contributed by atoms with Crippen LogP contribution in [0.1, 0.15) is 30.0 Å². The Balaban J connectivity index is 1.37. The number of carbonyl (C=O) groups is 2. The number of halogens is 3. The number of ether oxygens (including phenoxy) is 1. The molecule has 2 N–H and O–H groups in total. The monoisotopic (exact) mass is 476 g/mol. The van der Waals surface area contributed by atoms with E-state index in [-0.39, 0.29) is 18.3 Å². The third-order valence-electron chi connectivity index (χ3n) is 6.21. The molecule has 0 radical (unpaired) electrons. The maximum absolute atomic E-state index is 12.5. The zero-order valence-corrected chi connectivity index (χ0v) is 18.8. The highest BCUT2D eigenvalue weighted by Crippen LogP contribution is 2.32. The highest BCUT2D eigenvalue weighted by atomic mass is 19.4. The second-order valence-corrected chi connectivity index (χ2v) is 8.55. The lowest BCUT2D eigenvalue weighted by Gasteiger charge is -2.28. The van der Waals surface area contributed by atoms with Gasteiger partial charge in [0.05, 0.1) is 6.04 Å². The molecule has 10 heteroatoms. The number of anilines is 2. The van der Waals surface area contributed by atoms with Crippen LogP contribution in [0.5, 0.6) is 5.75 Å². The van der Waals surface area contributed by atoms with Crippen molar-refractivity contribution in [1.29, 1.82) is 0 Å². The molecular formula is C24H27F3N4O3. The maximum Gasteiger partial charge on any atom is 0.573 e. The number of carbonyl (C=O) groups excluding carboxylic acids is 2. The van der Waals surface area contributed by atoms with Gasteiger partial charge < -0.3 is 20.3 Å². The molecule has 2 aliphatic heterocycles. The van der Waals surface area contributed by atoms with Crippen molar-refractivity contribution >= 4 is 23.2 Å². The number of likely N-dealkylation sites (N-methyl/N-ethyl adjacent to an activating group) is 1. The topological polar surface area (TPSA) is 73.9 Å². The molecule has 0 aromatic heterocycles. The van der Waals surface area contributed by atoms with Crippen molar-refractivity contribution in [2.45, 2.75) is 31.7 Å². The summed E-state index contributed by atoms with van der Waals surface area (Å²) in [6.45, 7) is 3.11. The summed E-state index contributed by atoms with van der Waals surface area (Å²) in [5.74, 6) is -2.11. The minimum Gasteiger partial charge on any atom is -0.406 e. The van der Waals surface area contributed by atoms with Crippen molar-refractivity contribution in [3.8, 4) is 5.75 Å². The molecule has 1 atom stereocenters. The van der Waals surface area contributed by atoms with Crippen molar-refractivity contribution < 1.29 is 27.5 Å². The quantitative estimate of drug-likeness (QED) is 0.625. The second-order valence-electron chi connectivity index (χ2n) is 8.55. The summed E-state index contributed by atoms with van der Waals surface area (Å²) in [5.41, 5.74) is 3.80. The fourth-order valence-corrected chi connectivity index (χ4v) is 4.50. The van der Waals surface area contributed by atoms with Crippen molar-refractivity contribution in [2.75, 3.05) is 43.4 Å². The van der Waals surface area contributed by atoms with Gasteiger partial charge in [-0.1, -0.05) is 12.1 Å². The van der Waals surface area contributed by atoms with E-state index in [9.17, 15) is 22.8 Å². The molecule has 2 aromatic rings. The number of rotatable bonds is 6. The first kappa shape index (κ1) is 23.9. The normalized spacial score (nSPS) is 16.8. The molecule has 2 heterocycles. The Hall–Kier alpha value is -3.27. The van der Waals surface area contributed by atoms with E-state index >= 15 is 0 Å². The average molecular weight is 476 g/mol. The van der Waals surface area contributed by atoms with Gasteiger partial charge in [0.25, 0.3) is 0 Å². The van der Waals surface area contributed by atoms with Crippen LogP contribution in [0.2, 0.25) is 0 Å². The van der Waals surface area contributed by atoms with Gasteiger partial charge in [-0.3, -0.25) is 14.5 Å². The van der Waals surface area contributed by atoms with Crippen LogP contribution in [0.15, 0.2) is 42.5 Å². The van der Waals surface area contributed by atoms with Crippen LogP contribution >= 0.6 is 0 Å². The van der Waals surface area contributed by atoms with E-state index in [1.54, 1.807) is 0 Å². The van der Waals surface area contributed by atoms with Gasteiger partial charge in [-0.05, 0) is 73.8 Å². The summed E-state index contributed by atoms with van der Waals surface area (Å²) in [7, 11) is 2.07. The number of amides is 2. The summed E-state index contributed by atoms with van der Waals surface area (Å²) in [4.78, 5) is 29.3. The van der Waals surface area contributed by atoms with Gasteiger partial charge in [0, 0.05) is 31.5 Å². The number of likely N-dealkylation sites (tertiary alicyclic amines) is 1. The lowest BCUT2D eigenvalue weighted by Crippen LogP contribution is -2.41. The van der Waals surface area contributed by atoms with E-state index in [0.29, 0.717) is 0 Å². The number of benzene rings is 2. The van der Waals surface area contributed by atoms with Crippen molar-refractivity contribution in [2.24, 2.45) is 0 Å². The molecular weight excluding hydrogens is 449 g/mol. The van der Waals surface area contributed by atoms with E-state index in [4.69, 9.17) is 0 Å². The zero-order chi connectivity index (χ0) is 24.3. The SMILES string of the molecule is CN1CCc2cc(C(CNC(=O)C(=O)Nc3ccc(OC(F)(F)F)cc3)N3CCCC3)ccc21.